The quantitative estimate of drug-likeness (QED) is 0.849. The molecule has 1 aliphatic carbocycles. The van der Waals surface area contributed by atoms with Gasteiger partial charge < -0.3 is 5.32 Å². The highest BCUT2D eigenvalue weighted by atomic mass is 15.3. The van der Waals surface area contributed by atoms with Gasteiger partial charge in [0.05, 0.1) is 11.7 Å². The van der Waals surface area contributed by atoms with Crippen LogP contribution >= 0.6 is 0 Å². The smallest absolute Gasteiger partial charge is 0.0559 e. The molecule has 1 unspecified atom stereocenters. The highest BCUT2D eigenvalue weighted by Gasteiger charge is 2.40. The molecule has 17 heavy (non-hydrogen) atoms. The van der Waals surface area contributed by atoms with E-state index in [4.69, 9.17) is 0 Å². The molecule has 0 bridgehead atoms. The Labute approximate surface area is 105 Å². The number of nitrogens with one attached hydrogen (secondary N) is 1. The lowest BCUT2D eigenvalue weighted by Crippen LogP contribution is -2.35. The van der Waals surface area contributed by atoms with Gasteiger partial charge in [0.1, 0.15) is 0 Å². The molecule has 3 heteroatoms. The Morgan fingerprint density at radius 3 is 2.65 bits per heavy atom. The SMILES string of the molecule is CCn1nccc1C(NC)C1(CC)CCCC1. The van der Waals surface area contributed by atoms with Crippen LogP contribution in [0.25, 0.3) is 0 Å². The second kappa shape index (κ2) is 5.21. The third kappa shape index (κ3) is 2.13. The molecular weight excluding hydrogens is 210 g/mol. The van der Waals surface area contributed by atoms with Crippen molar-refractivity contribution >= 4 is 0 Å². The van der Waals surface area contributed by atoms with E-state index in [2.05, 4.69) is 42.1 Å². The maximum absolute atomic E-state index is 4.42. The van der Waals surface area contributed by atoms with E-state index in [1.807, 2.05) is 6.20 Å². The summed E-state index contributed by atoms with van der Waals surface area (Å²) in [7, 11) is 2.09. The maximum atomic E-state index is 4.42. The molecular formula is C14H25N3. The molecule has 3 nitrogen and oxygen atoms in total. The Bertz CT molecular complexity index is 350. The number of aryl methyl sites for hydroxylation is 1. The van der Waals surface area contributed by atoms with Crippen molar-refractivity contribution in [2.75, 3.05) is 7.05 Å². The molecule has 1 atom stereocenters. The summed E-state index contributed by atoms with van der Waals surface area (Å²) in [6.07, 6.45) is 8.65. The molecule has 1 fully saturated rings. The van der Waals surface area contributed by atoms with E-state index in [0.717, 1.165) is 6.54 Å². The fraction of sp³-hybridized carbons (Fsp3) is 0.786. The van der Waals surface area contributed by atoms with Crippen LogP contribution in [0, 0.1) is 5.41 Å². The lowest BCUT2D eigenvalue weighted by molar-refractivity contribution is 0.186. The summed E-state index contributed by atoms with van der Waals surface area (Å²) < 4.78 is 2.14. The Morgan fingerprint density at radius 1 is 1.41 bits per heavy atom. The molecule has 0 saturated heterocycles. The fourth-order valence-electron chi connectivity index (χ4n) is 3.55. The van der Waals surface area contributed by atoms with E-state index in [1.54, 1.807) is 0 Å². The third-order valence-corrected chi connectivity index (χ3v) is 4.55. The molecule has 0 spiro atoms. The molecule has 1 aromatic heterocycles. The number of aromatic nitrogens is 2. The Balaban J connectivity index is 2.32. The van der Waals surface area contributed by atoms with Crippen molar-refractivity contribution < 1.29 is 0 Å². The third-order valence-electron chi connectivity index (χ3n) is 4.55. The Hall–Kier alpha value is -0.830. The first-order valence-corrected chi connectivity index (χ1v) is 6.96. The van der Waals surface area contributed by atoms with E-state index < -0.39 is 0 Å². The summed E-state index contributed by atoms with van der Waals surface area (Å²) in [5.41, 5.74) is 1.81. The minimum atomic E-state index is 0.446. The molecule has 1 heterocycles. The van der Waals surface area contributed by atoms with Crippen molar-refractivity contribution in [2.45, 2.75) is 58.5 Å². The normalized spacial score (nSPS) is 20.6. The summed E-state index contributed by atoms with van der Waals surface area (Å²) in [6.45, 7) is 5.46. The zero-order valence-corrected chi connectivity index (χ0v) is 11.4. The van der Waals surface area contributed by atoms with Crippen LogP contribution in [0.3, 0.4) is 0 Å². The van der Waals surface area contributed by atoms with E-state index in [1.165, 1.54) is 37.8 Å². The first kappa shape index (κ1) is 12.6. The number of nitrogens with zero attached hydrogens (tertiary/aromatic N) is 2. The first-order valence-electron chi connectivity index (χ1n) is 6.96. The average Bonchev–Trinajstić information content (AvgIpc) is 2.99. The van der Waals surface area contributed by atoms with Gasteiger partial charge in [-0.25, -0.2) is 0 Å². The van der Waals surface area contributed by atoms with E-state index in [-0.39, 0.29) is 0 Å². The topological polar surface area (TPSA) is 29.9 Å². The minimum Gasteiger partial charge on any atom is -0.311 e. The number of hydrogen-bond acceptors (Lipinski definition) is 2. The molecule has 0 radical (unpaired) electrons. The van der Waals surface area contributed by atoms with Crippen LogP contribution in [-0.4, -0.2) is 16.8 Å². The zero-order valence-electron chi connectivity index (χ0n) is 11.4. The van der Waals surface area contributed by atoms with Gasteiger partial charge in [-0.15, -0.1) is 0 Å². The number of hydrogen-bond donors (Lipinski definition) is 1. The van der Waals surface area contributed by atoms with Crippen LogP contribution in [0.2, 0.25) is 0 Å². The molecule has 0 aromatic carbocycles. The van der Waals surface area contributed by atoms with Gasteiger partial charge in [0.2, 0.25) is 0 Å². The predicted octanol–water partition coefficient (Wildman–Crippen LogP) is 3.13. The van der Waals surface area contributed by atoms with Crippen LogP contribution < -0.4 is 5.32 Å². The second-order valence-corrected chi connectivity index (χ2v) is 5.22. The Kier molecular flexibility index (Phi) is 3.87. The summed E-state index contributed by atoms with van der Waals surface area (Å²) in [6, 6.07) is 2.64. The molecule has 1 aromatic rings. The molecule has 0 aliphatic heterocycles. The standard InChI is InChI=1S/C14H25N3/c1-4-14(9-6-7-10-14)13(15-3)12-8-11-16-17(12)5-2/h8,11,13,15H,4-7,9-10H2,1-3H3. The molecule has 0 amide bonds. The van der Waals surface area contributed by atoms with Crippen LogP contribution in [0.5, 0.6) is 0 Å². The summed E-state index contributed by atoms with van der Waals surface area (Å²) >= 11 is 0. The Morgan fingerprint density at radius 2 is 2.12 bits per heavy atom. The van der Waals surface area contributed by atoms with Crippen molar-refractivity contribution in [3.63, 3.8) is 0 Å². The van der Waals surface area contributed by atoms with Gasteiger partial charge in [-0.05, 0) is 44.7 Å². The summed E-state index contributed by atoms with van der Waals surface area (Å²) in [5.74, 6) is 0. The van der Waals surface area contributed by atoms with Crippen LogP contribution in [0.15, 0.2) is 12.3 Å². The van der Waals surface area contributed by atoms with E-state index >= 15 is 0 Å². The van der Waals surface area contributed by atoms with Gasteiger partial charge in [-0.3, -0.25) is 4.68 Å². The van der Waals surface area contributed by atoms with Gasteiger partial charge in [0, 0.05) is 12.7 Å². The molecule has 1 aliphatic rings. The summed E-state index contributed by atoms with van der Waals surface area (Å²) in [5, 5.41) is 7.97. The van der Waals surface area contributed by atoms with Gasteiger partial charge in [-0.1, -0.05) is 19.8 Å². The molecule has 96 valence electrons. The second-order valence-electron chi connectivity index (χ2n) is 5.22. The predicted molar refractivity (Wildman–Crippen MR) is 70.9 cm³/mol. The summed E-state index contributed by atoms with van der Waals surface area (Å²) in [4.78, 5) is 0. The fourth-order valence-corrected chi connectivity index (χ4v) is 3.55. The number of rotatable bonds is 5. The molecule has 1 N–H and O–H groups in total. The minimum absolute atomic E-state index is 0.446. The van der Waals surface area contributed by atoms with Crippen LogP contribution in [0.1, 0.15) is 57.7 Å². The zero-order chi connectivity index (χ0) is 12.3. The van der Waals surface area contributed by atoms with Gasteiger partial charge >= 0.3 is 0 Å². The van der Waals surface area contributed by atoms with E-state index in [9.17, 15) is 0 Å². The van der Waals surface area contributed by atoms with Gasteiger partial charge in [-0.2, -0.15) is 5.10 Å². The van der Waals surface area contributed by atoms with Crippen molar-refractivity contribution in [3.8, 4) is 0 Å². The van der Waals surface area contributed by atoms with Gasteiger partial charge in [0.25, 0.3) is 0 Å². The monoisotopic (exact) mass is 235 g/mol. The van der Waals surface area contributed by atoms with E-state index in [0.29, 0.717) is 11.5 Å². The van der Waals surface area contributed by atoms with Crippen LogP contribution in [-0.2, 0) is 6.54 Å². The highest BCUT2D eigenvalue weighted by Crippen LogP contribution is 2.49. The highest BCUT2D eigenvalue weighted by molar-refractivity contribution is 5.13. The maximum Gasteiger partial charge on any atom is 0.0559 e. The average molecular weight is 235 g/mol. The van der Waals surface area contributed by atoms with Crippen molar-refractivity contribution in [3.05, 3.63) is 18.0 Å². The molecule has 2 rings (SSSR count). The first-order chi connectivity index (χ1) is 8.27. The van der Waals surface area contributed by atoms with Crippen molar-refractivity contribution in [1.82, 2.24) is 15.1 Å². The van der Waals surface area contributed by atoms with Crippen molar-refractivity contribution in [2.24, 2.45) is 5.41 Å². The van der Waals surface area contributed by atoms with Crippen molar-refractivity contribution in [1.29, 1.82) is 0 Å². The molecule has 1 saturated carbocycles. The van der Waals surface area contributed by atoms with Gasteiger partial charge in [0.15, 0.2) is 0 Å². The largest absolute Gasteiger partial charge is 0.311 e. The lowest BCUT2D eigenvalue weighted by atomic mass is 9.75. The lowest BCUT2D eigenvalue weighted by Gasteiger charge is -2.37. The van der Waals surface area contributed by atoms with Crippen LogP contribution in [0.4, 0.5) is 0 Å².